The second kappa shape index (κ2) is 72.0. The van der Waals surface area contributed by atoms with Gasteiger partial charge >= 0.3 is 0 Å². The molecule has 0 aromatic heterocycles. The van der Waals surface area contributed by atoms with E-state index in [0.717, 1.165) is 19.3 Å². The highest BCUT2D eigenvalue weighted by Gasteiger charge is 2.00. The van der Waals surface area contributed by atoms with E-state index >= 15 is 0 Å². The summed E-state index contributed by atoms with van der Waals surface area (Å²) in [5.41, 5.74) is 2.84. The second-order valence-corrected chi connectivity index (χ2v) is 9.17. The van der Waals surface area contributed by atoms with Gasteiger partial charge in [0.15, 0.2) is 0 Å². The Bertz CT molecular complexity index is 1480. The molecular weight excluding hydrogens is 721 g/mol. The zero-order valence-electron chi connectivity index (χ0n) is 42.4. The van der Waals surface area contributed by atoms with Gasteiger partial charge in [0.2, 0.25) is 0 Å². The molecule has 5 aromatic carbocycles. The zero-order chi connectivity index (χ0) is 46.8. The minimum absolute atomic E-state index is 0. The minimum atomic E-state index is 0. The number of hydrogen-bond acceptors (Lipinski definition) is 0. The van der Waals surface area contributed by atoms with E-state index in [-0.39, 0.29) is 7.43 Å². The molecule has 0 spiro atoms. The van der Waals surface area contributed by atoms with Gasteiger partial charge in [-0.15, -0.1) is 0 Å². The molecule has 5 aromatic rings. The number of allylic oxidation sites excluding steroid dienone is 5. The van der Waals surface area contributed by atoms with Crippen LogP contribution >= 0.6 is 0 Å². The van der Waals surface area contributed by atoms with E-state index in [1.54, 1.807) is 0 Å². The SMILES string of the molecule is C.C1=CCC=C1.C1=Cc2ccccc2C1.C1=c2ccccc2=CC1.CC.CC.CC.CC.CC.CC.CC.CC.CC.CC.c1ccc2ccccc2c1.c1ccccc1. The lowest BCUT2D eigenvalue weighted by Gasteiger charge is -1.93. The Balaban J connectivity index is -0.0000000855. The molecule has 0 fully saturated rings. The molecule has 0 bridgehead atoms. The molecule has 0 aliphatic heterocycles. The number of hydrogen-bond donors (Lipinski definition) is 0. The van der Waals surface area contributed by atoms with E-state index in [9.17, 15) is 0 Å². The Hall–Kier alpha value is -4.68. The van der Waals surface area contributed by atoms with Crippen molar-refractivity contribution in [3.05, 3.63) is 185 Å². The molecule has 3 aliphatic carbocycles. The first-order valence-electron chi connectivity index (χ1n) is 23.7. The van der Waals surface area contributed by atoms with Crippen molar-refractivity contribution in [1.29, 1.82) is 0 Å². The maximum Gasteiger partial charge on any atom is -0.00882 e. The van der Waals surface area contributed by atoms with Crippen LogP contribution in [0.5, 0.6) is 0 Å². The topological polar surface area (TPSA) is 0 Å². The highest BCUT2D eigenvalue weighted by atomic mass is 14.0. The molecule has 8 rings (SSSR count). The smallest absolute Gasteiger partial charge is 0.00882 e. The van der Waals surface area contributed by atoms with Crippen LogP contribution in [0.1, 0.15) is 170 Å². The van der Waals surface area contributed by atoms with E-state index in [2.05, 4.69) is 146 Å². The minimum Gasteiger partial charge on any atom is -0.0808 e. The third kappa shape index (κ3) is 42.9. The predicted octanol–water partition coefficient (Wildman–Crippen LogP) is 19.8. The highest BCUT2D eigenvalue weighted by molar-refractivity contribution is 5.82. The van der Waals surface area contributed by atoms with Crippen molar-refractivity contribution in [2.45, 2.75) is 165 Å². The number of benzene rings is 5. The zero-order valence-corrected chi connectivity index (χ0v) is 42.4. The molecule has 0 saturated carbocycles. The van der Waals surface area contributed by atoms with Crippen LogP contribution in [0.2, 0.25) is 0 Å². The first-order valence-corrected chi connectivity index (χ1v) is 23.7. The molecule has 3 aliphatic rings. The van der Waals surface area contributed by atoms with Gasteiger partial charge in [0, 0.05) is 0 Å². The van der Waals surface area contributed by atoms with E-state index in [4.69, 9.17) is 0 Å². The van der Waals surface area contributed by atoms with Crippen molar-refractivity contribution in [2.24, 2.45) is 0 Å². The standard InChI is InChI=1S/C10H8.2C9H8.C6H6.C5H6.10C2H6.CH4/c1-2-6-10-8-4-3-7-9(10)5-1;2*1-2-5-9-7-3-6-8(9)4-1;1-2-4-6-5-3-1;1-2-4-5-3-1;10*1-2;/h1-8H;1-2,4-7H,3H2;1-6H,7H2;1-6H;1-4H,5H2;10*1-2H3;1H4. The summed E-state index contributed by atoms with van der Waals surface area (Å²) in [5, 5.41) is 5.39. The number of fused-ring (bicyclic) bond motifs is 3. The fourth-order valence-corrected chi connectivity index (χ4v) is 4.30. The van der Waals surface area contributed by atoms with E-state index in [1.807, 2.05) is 175 Å². The van der Waals surface area contributed by atoms with Gasteiger partial charge < -0.3 is 0 Å². The Labute approximate surface area is 378 Å². The fraction of sp³-hybridized carbons (Fsp3) is 0.400. The van der Waals surface area contributed by atoms with Crippen LogP contribution in [0.3, 0.4) is 0 Å². The summed E-state index contributed by atoms with van der Waals surface area (Å²) in [7, 11) is 0. The van der Waals surface area contributed by atoms with Crippen LogP contribution in [-0.2, 0) is 6.42 Å². The molecule has 0 unspecified atom stereocenters. The van der Waals surface area contributed by atoms with Crippen LogP contribution in [-0.4, -0.2) is 0 Å². The maximum atomic E-state index is 2.25. The van der Waals surface area contributed by atoms with Gasteiger partial charge in [0.25, 0.3) is 0 Å². The van der Waals surface area contributed by atoms with Crippen LogP contribution in [0, 0.1) is 0 Å². The van der Waals surface area contributed by atoms with Crippen molar-refractivity contribution in [3.63, 3.8) is 0 Å². The lowest BCUT2D eigenvalue weighted by molar-refractivity contribution is 1.31. The van der Waals surface area contributed by atoms with Gasteiger partial charge in [-0.1, -0.05) is 328 Å². The van der Waals surface area contributed by atoms with Gasteiger partial charge in [-0.3, -0.25) is 0 Å². The molecule has 0 N–H and O–H groups in total. The Morgan fingerprint density at radius 3 is 0.900 bits per heavy atom. The van der Waals surface area contributed by atoms with Crippen molar-refractivity contribution in [1.82, 2.24) is 0 Å². The normalized spacial score (nSPS) is 9.07. The van der Waals surface area contributed by atoms with E-state index in [0.29, 0.717) is 0 Å². The lowest BCUT2D eigenvalue weighted by Crippen LogP contribution is -2.19. The van der Waals surface area contributed by atoms with Crippen molar-refractivity contribution < 1.29 is 0 Å². The van der Waals surface area contributed by atoms with Crippen molar-refractivity contribution >= 4 is 29.0 Å². The molecule has 0 radical (unpaired) electrons. The van der Waals surface area contributed by atoms with Crippen molar-refractivity contribution in [2.75, 3.05) is 0 Å². The van der Waals surface area contributed by atoms with E-state index < -0.39 is 0 Å². The fourth-order valence-electron chi connectivity index (χ4n) is 4.30. The van der Waals surface area contributed by atoms with E-state index in [1.165, 1.54) is 32.3 Å². The third-order valence-corrected chi connectivity index (χ3v) is 6.34. The Kier molecular flexibility index (Phi) is 87.5. The van der Waals surface area contributed by atoms with Crippen LogP contribution in [0.4, 0.5) is 0 Å². The van der Waals surface area contributed by atoms with Crippen LogP contribution in [0.25, 0.3) is 29.0 Å². The molecule has 0 heteroatoms. The average Bonchev–Trinajstić information content (AvgIpc) is 4.22. The first kappa shape index (κ1) is 72.9. The molecule has 0 heterocycles. The van der Waals surface area contributed by atoms with Gasteiger partial charge in [0.05, 0.1) is 0 Å². The Morgan fingerprint density at radius 1 is 0.300 bits per heavy atom. The third-order valence-electron chi connectivity index (χ3n) is 6.34. The molecule has 60 heavy (non-hydrogen) atoms. The van der Waals surface area contributed by atoms with Gasteiger partial charge in [-0.05, 0) is 51.6 Å². The molecular formula is C60H100. The summed E-state index contributed by atoms with van der Waals surface area (Å²) in [6.07, 6.45) is 20.6. The summed E-state index contributed by atoms with van der Waals surface area (Å²) in [6.45, 7) is 40.0. The average molecular weight is 821 g/mol. The monoisotopic (exact) mass is 821 g/mol. The van der Waals surface area contributed by atoms with Crippen LogP contribution < -0.4 is 10.4 Å². The first-order chi connectivity index (χ1) is 29.4. The molecule has 0 saturated heterocycles. The quantitative estimate of drug-likeness (QED) is 0.146. The molecule has 0 amide bonds. The second-order valence-electron chi connectivity index (χ2n) is 9.17. The summed E-state index contributed by atoms with van der Waals surface area (Å²) in [4.78, 5) is 0. The van der Waals surface area contributed by atoms with Gasteiger partial charge in [0.1, 0.15) is 0 Å². The molecule has 340 valence electrons. The molecule has 0 atom stereocenters. The lowest BCUT2D eigenvalue weighted by atomic mass is 10.1. The highest BCUT2D eigenvalue weighted by Crippen LogP contribution is 2.17. The maximum absolute atomic E-state index is 2.25. The number of rotatable bonds is 0. The van der Waals surface area contributed by atoms with Crippen molar-refractivity contribution in [3.8, 4) is 0 Å². The summed E-state index contributed by atoms with van der Waals surface area (Å²) < 4.78 is 0. The Morgan fingerprint density at radius 2 is 0.600 bits per heavy atom. The predicted molar refractivity (Wildman–Crippen MR) is 292 cm³/mol. The largest absolute Gasteiger partial charge is 0.0808 e. The summed E-state index contributed by atoms with van der Waals surface area (Å²) in [6, 6.07) is 45.7. The summed E-state index contributed by atoms with van der Waals surface area (Å²) >= 11 is 0. The van der Waals surface area contributed by atoms with Gasteiger partial charge in [-0.25, -0.2) is 0 Å². The van der Waals surface area contributed by atoms with Gasteiger partial charge in [-0.2, -0.15) is 0 Å². The molecule has 0 nitrogen and oxygen atoms in total. The summed E-state index contributed by atoms with van der Waals surface area (Å²) in [5.74, 6) is 0. The van der Waals surface area contributed by atoms with Crippen LogP contribution in [0.15, 0.2) is 164 Å².